The summed E-state index contributed by atoms with van der Waals surface area (Å²) in [6.07, 6.45) is 1.61. The lowest BCUT2D eigenvalue weighted by atomic mass is 9.83. The van der Waals surface area contributed by atoms with E-state index < -0.39 is 23.0 Å². The number of rotatable bonds is 10. The third kappa shape index (κ3) is 7.39. The van der Waals surface area contributed by atoms with Crippen LogP contribution in [0.2, 0.25) is 0 Å². The molecule has 3 amide bonds. The van der Waals surface area contributed by atoms with Gasteiger partial charge in [0, 0.05) is 32.8 Å². The van der Waals surface area contributed by atoms with E-state index in [1.54, 1.807) is 97.1 Å². The van der Waals surface area contributed by atoms with E-state index >= 15 is 0 Å². The Labute approximate surface area is 307 Å². The second kappa shape index (κ2) is 15.3. The Morgan fingerprint density at radius 2 is 1.35 bits per heavy atom. The van der Waals surface area contributed by atoms with Gasteiger partial charge in [-0.05, 0) is 70.4 Å². The van der Waals surface area contributed by atoms with Crippen LogP contribution in [0.3, 0.4) is 0 Å². The normalized spacial score (nSPS) is 12.7. The molecule has 1 aromatic heterocycles. The zero-order valence-corrected chi connectivity index (χ0v) is 29.0. The van der Waals surface area contributed by atoms with Gasteiger partial charge in [0.2, 0.25) is 5.91 Å². The fraction of sp³-hybridized carbons (Fsp3) is 0.0238. The molecule has 0 bridgehead atoms. The molecule has 3 N–H and O–H groups in total. The largest absolute Gasteiger partial charge is 0.324 e. The average Bonchev–Trinajstić information content (AvgIpc) is 3.70. The molecule has 6 aromatic rings. The first kappa shape index (κ1) is 34.1. The number of hydrogen-bond acceptors (Lipinski definition) is 7. The first-order valence-corrected chi connectivity index (χ1v) is 18.0. The molecule has 5 aromatic carbocycles. The minimum atomic E-state index is -0.774. The molecule has 254 valence electrons. The summed E-state index contributed by atoms with van der Waals surface area (Å²) in [4.78, 5) is 68.3. The molecule has 0 saturated heterocycles. The quantitative estimate of drug-likeness (QED) is 0.0965. The van der Waals surface area contributed by atoms with E-state index in [0.29, 0.717) is 32.8 Å². The van der Waals surface area contributed by atoms with Crippen molar-refractivity contribution in [3.8, 4) is 0 Å². The van der Waals surface area contributed by atoms with Crippen LogP contribution in [0, 0.1) is 0 Å². The third-order valence-electron chi connectivity index (χ3n) is 8.28. The minimum absolute atomic E-state index is 0.0636. The number of thioether (sulfide) groups is 1. The summed E-state index contributed by atoms with van der Waals surface area (Å²) in [5.41, 5.74) is 3.67. The molecule has 10 heteroatoms. The number of carbonyl (C=O) groups is 5. The molecule has 0 spiro atoms. The van der Waals surface area contributed by atoms with Crippen LogP contribution in [-0.2, 0) is 9.59 Å². The van der Waals surface area contributed by atoms with Gasteiger partial charge in [-0.2, -0.15) is 11.3 Å². The Balaban J connectivity index is 1.13. The zero-order chi connectivity index (χ0) is 36.0. The van der Waals surface area contributed by atoms with Crippen LogP contribution in [0.15, 0.2) is 155 Å². The first-order chi connectivity index (χ1) is 25.4. The lowest BCUT2D eigenvalue weighted by Crippen LogP contribution is -2.30. The molecular formula is C42H29N3O5S2. The van der Waals surface area contributed by atoms with E-state index in [0.717, 1.165) is 5.56 Å². The standard InChI is InChI=1S/C42H29N3O5S2/c46-37-31-17-7-8-18-32(31)38(47)36-33(37)19-10-20-34(36)44-42(50)39(27-11-3-1-4-12-27)52-30-16-9-15-29(24-30)43-41(49)35(23-26-21-22-51-25-26)45-40(48)28-13-5-2-6-14-28/h1-25,39H,(H,43,49)(H,44,50)(H,45,48)/b35-23+. The number of benzene rings is 5. The molecule has 52 heavy (non-hydrogen) atoms. The van der Waals surface area contributed by atoms with Crippen molar-refractivity contribution in [3.63, 3.8) is 0 Å². The summed E-state index contributed by atoms with van der Waals surface area (Å²) in [6, 6.07) is 38.3. The van der Waals surface area contributed by atoms with Gasteiger partial charge in [-0.1, -0.05) is 91.0 Å². The van der Waals surface area contributed by atoms with Gasteiger partial charge in [0.1, 0.15) is 10.9 Å². The molecule has 7 rings (SSSR count). The number of ketones is 2. The summed E-state index contributed by atoms with van der Waals surface area (Å²) in [6.45, 7) is 0. The molecule has 0 aliphatic heterocycles. The fourth-order valence-electron chi connectivity index (χ4n) is 5.80. The molecule has 1 aliphatic rings. The number of nitrogens with one attached hydrogen (secondary N) is 3. The summed E-state index contributed by atoms with van der Waals surface area (Å²) < 4.78 is 0. The predicted octanol–water partition coefficient (Wildman–Crippen LogP) is 8.41. The lowest BCUT2D eigenvalue weighted by Gasteiger charge is -2.22. The highest BCUT2D eigenvalue weighted by Gasteiger charge is 2.33. The molecule has 1 atom stereocenters. The highest BCUT2D eigenvalue weighted by molar-refractivity contribution is 8.00. The van der Waals surface area contributed by atoms with E-state index in [4.69, 9.17) is 0 Å². The van der Waals surface area contributed by atoms with Crippen LogP contribution < -0.4 is 16.0 Å². The number of hydrogen-bond donors (Lipinski definition) is 3. The van der Waals surface area contributed by atoms with Crippen molar-refractivity contribution in [3.05, 3.63) is 189 Å². The van der Waals surface area contributed by atoms with Gasteiger partial charge >= 0.3 is 0 Å². The Kier molecular flexibility index (Phi) is 10.0. The topological polar surface area (TPSA) is 121 Å². The van der Waals surface area contributed by atoms with Crippen LogP contribution in [0.1, 0.15) is 58.6 Å². The van der Waals surface area contributed by atoms with Crippen molar-refractivity contribution in [2.24, 2.45) is 0 Å². The molecule has 1 unspecified atom stereocenters. The van der Waals surface area contributed by atoms with Crippen molar-refractivity contribution in [2.45, 2.75) is 10.1 Å². The van der Waals surface area contributed by atoms with Gasteiger partial charge in [-0.3, -0.25) is 24.0 Å². The second-order valence-corrected chi connectivity index (χ2v) is 13.7. The highest BCUT2D eigenvalue weighted by Crippen LogP contribution is 2.39. The molecule has 1 heterocycles. The smallest absolute Gasteiger partial charge is 0.272 e. The summed E-state index contributed by atoms with van der Waals surface area (Å²) in [7, 11) is 0. The number of fused-ring (bicyclic) bond motifs is 2. The lowest BCUT2D eigenvalue weighted by molar-refractivity contribution is -0.116. The molecule has 1 aliphatic carbocycles. The summed E-state index contributed by atoms with van der Waals surface area (Å²) in [5.74, 6) is -1.96. The molecular weight excluding hydrogens is 691 g/mol. The predicted molar refractivity (Wildman–Crippen MR) is 205 cm³/mol. The SMILES string of the molecule is O=C(Nc1cccc(SC(C(=O)Nc2cccc3c2C(=O)c2ccccc2C3=O)c2ccccc2)c1)/C(=C\c1ccsc1)NC(=O)c1ccccc1. The van der Waals surface area contributed by atoms with Crippen LogP contribution in [0.4, 0.5) is 11.4 Å². The van der Waals surface area contributed by atoms with Gasteiger partial charge in [-0.15, -0.1) is 11.8 Å². The van der Waals surface area contributed by atoms with Crippen LogP contribution in [0.5, 0.6) is 0 Å². The van der Waals surface area contributed by atoms with Crippen LogP contribution >= 0.6 is 23.1 Å². The number of thiophene rings is 1. The highest BCUT2D eigenvalue weighted by atomic mass is 32.2. The molecule has 0 fully saturated rings. The van der Waals surface area contributed by atoms with Gasteiger partial charge in [-0.25, -0.2) is 0 Å². The van der Waals surface area contributed by atoms with E-state index in [1.165, 1.54) is 23.1 Å². The van der Waals surface area contributed by atoms with E-state index in [-0.39, 0.29) is 34.1 Å². The molecule has 0 radical (unpaired) electrons. The van der Waals surface area contributed by atoms with Gasteiger partial charge in [0.05, 0.1) is 11.3 Å². The Hall–Kier alpha value is -6.36. The van der Waals surface area contributed by atoms with E-state index in [9.17, 15) is 24.0 Å². The zero-order valence-electron chi connectivity index (χ0n) is 27.4. The number of anilines is 2. The third-order valence-corrected chi connectivity index (χ3v) is 10.2. The van der Waals surface area contributed by atoms with Crippen molar-refractivity contribution >= 4 is 69.8 Å². The molecule has 0 saturated carbocycles. The van der Waals surface area contributed by atoms with Gasteiger partial charge in [0.15, 0.2) is 11.6 Å². The van der Waals surface area contributed by atoms with Crippen molar-refractivity contribution in [1.29, 1.82) is 0 Å². The van der Waals surface area contributed by atoms with Crippen LogP contribution in [0.25, 0.3) is 6.08 Å². The number of amides is 3. The summed E-state index contributed by atoms with van der Waals surface area (Å²) in [5, 5.41) is 11.5. The maximum atomic E-state index is 14.1. The average molecular weight is 720 g/mol. The Morgan fingerprint density at radius 1 is 0.673 bits per heavy atom. The van der Waals surface area contributed by atoms with Crippen molar-refractivity contribution < 1.29 is 24.0 Å². The van der Waals surface area contributed by atoms with Gasteiger partial charge < -0.3 is 16.0 Å². The maximum Gasteiger partial charge on any atom is 0.272 e. The molecule has 8 nitrogen and oxygen atoms in total. The summed E-state index contributed by atoms with van der Waals surface area (Å²) >= 11 is 2.73. The van der Waals surface area contributed by atoms with Crippen LogP contribution in [-0.4, -0.2) is 29.3 Å². The Morgan fingerprint density at radius 3 is 2.08 bits per heavy atom. The maximum absolute atomic E-state index is 14.1. The fourth-order valence-corrected chi connectivity index (χ4v) is 7.50. The van der Waals surface area contributed by atoms with Crippen molar-refractivity contribution in [1.82, 2.24) is 5.32 Å². The Bertz CT molecular complexity index is 2360. The van der Waals surface area contributed by atoms with E-state index in [1.807, 2.05) is 53.2 Å². The van der Waals surface area contributed by atoms with Gasteiger partial charge in [0.25, 0.3) is 11.8 Å². The first-order valence-electron chi connectivity index (χ1n) is 16.2. The number of carbonyl (C=O) groups excluding carboxylic acids is 5. The second-order valence-electron chi connectivity index (χ2n) is 11.7. The monoisotopic (exact) mass is 719 g/mol. The van der Waals surface area contributed by atoms with E-state index in [2.05, 4.69) is 16.0 Å². The minimum Gasteiger partial charge on any atom is -0.324 e. The van der Waals surface area contributed by atoms with Crippen molar-refractivity contribution in [2.75, 3.05) is 10.6 Å².